The molecule has 0 spiro atoms. The summed E-state index contributed by atoms with van der Waals surface area (Å²) in [7, 11) is 0. The van der Waals surface area contributed by atoms with Crippen molar-refractivity contribution in [2.24, 2.45) is 5.73 Å². The second-order valence-corrected chi connectivity index (χ2v) is 4.61. The molecule has 2 aromatic rings. The van der Waals surface area contributed by atoms with Crippen molar-refractivity contribution in [1.29, 1.82) is 0 Å². The van der Waals surface area contributed by atoms with E-state index in [0.29, 0.717) is 6.54 Å². The molecule has 0 fully saturated rings. The van der Waals surface area contributed by atoms with Gasteiger partial charge in [-0.15, -0.1) is 0 Å². The molecule has 0 saturated carbocycles. The van der Waals surface area contributed by atoms with Crippen LogP contribution in [0.2, 0.25) is 0 Å². The maximum Gasteiger partial charge on any atom is 0.109 e. The number of aromatic nitrogens is 2. The molecular weight excluding hydrogens is 222 g/mol. The van der Waals surface area contributed by atoms with E-state index in [1.165, 1.54) is 11.1 Å². The van der Waals surface area contributed by atoms with Gasteiger partial charge < -0.3 is 10.3 Å². The van der Waals surface area contributed by atoms with Gasteiger partial charge in [-0.25, -0.2) is 4.98 Å². The molecule has 0 saturated heterocycles. The van der Waals surface area contributed by atoms with Gasteiger partial charge >= 0.3 is 0 Å². The van der Waals surface area contributed by atoms with Crippen LogP contribution in [0.4, 0.5) is 0 Å². The van der Waals surface area contributed by atoms with Gasteiger partial charge in [-0.1, -0.05) is 31.2 Å². The number of benzene rings is 1. The van der Waals surface area contributed by atoms with Gasteiger partial charge in [0.15, 0.2) is 0 Å². The Kier molecular flexibility index (Phi) is 4.15. The molecule has 3 nitrogen and oxygen atoms in total. The Morgan fingerprint density at radius 1 is 1.33 bits per heavy atom. The zero-order valence-corrected chi connectivity index (χ0v) is 11.1. The minimum atomic E-state index is 0.190. The predicted octanol–water partition coefficient (Wildman–Crippen LogP) is 2.69. The van der Waals surface area contributed by atoms with Gasteiger partial charge in [0.1, 0.15) is 5.82 Å². The van der Waals surface area contributed by atoms with Crippen molar-refractivity contribution >= 4 is 0 Å². The Morgan fingerprint density at radius 2 is 2.11 bits per heavy atom. The maximum atomic E-state index is 5.98. The summed E-state index contributed by atoms with van der Waals surface area (Å²) >= 11 is 0. The third-order valence-corrected chi connectivity index (χ3v) is 3.33. The molecule has 2 rings (SSSR count). The molecule has 96 valence electrons. The number of imidazole rings is 1. The van der Waals surface area contributed by atoms with E-state index < -0.39 is 0 Å². The van der Waals surface area contributed by atoms with E-state index in [4.69, 9.17) is 5.73 Å². The first-order valence-electron chi connectivity index (χ1n) is 6.55. The van der Waals surface area contributed by atoms with Crippen molar-refractivity contribution in [1.82, 2.24) is 9.55 Å². The van der Waals surface area contributed by atoms with E-state index in [1.807, 2.05) is 12.4 Å². The summed E-state index contributed by atoms with van der Waals surface area (Å²) in [6, 6.07) is 8.61. The van der Waals surface area contributed by atoms with E-state index in [-0.39, 0.29) is 6.04 Å². The summed E-state index contributed by atoms with van der Waals surface area (Å²) in [5.41, 5.74) is 8.55. The highest BCUT2D eigenvalue weighted by Crippen LogP contribution is 2.22. The number of hydrogen-bond donors (Lipinski definition) is 1. The summed E-state index contributed by atoms with van der Waals surface area (Å²) in [5.74, 6) is 1.12. The standard InChI is InChI=1S/C15H21N3/c1-3-6-15-17-9-10-18(15)14(11-16)13-8-5-4-7-12(13)2/h4-5,7-10,14H,3,6,11,16H2,1-2H3. The van der Waals surface area contributed by atoms with Crippen molar-refractivity contribution < 1.29 is 0 Å². The van der Waals surface area contributed by atoms with Gasteiger partial charge in [0, 0.05) is 25.4 Å². The molecule has 0 aliphatic carbocycles. The lowest BCUT2D eigenvalue weighted by Gasteiger charge is -2.21. The maximum absolute atomic E-state index is 5.98. The van der Waals surface area contributed by atoms with Crippen LogP contribution in [0.15, 0.2) is 36.7 Å². The van der Waals surface area contributed by atoms with Crippen molar-refractivity contribution in [3.8, 4) is 0 Å². The Labute approximate surface area is 109 Å². The van der Waals surface area contributed by atoms with E-state index in [9.17, 15) is 0 Å². The number of hydrogen-bond acceptors (Lipinski definition) is 2. The van der Waals surface area contributed by atoms with E-state index in [0.717, 1.165) is 18.7 Å². The Balaban J connectivity index is 2.39. The fourth-order valence-electron chi connectivity index (χ4n) is 2.40. The Morgan fingerprint density at radius 3 is 2.78 bits per heavy atom. The van der Waals surface area contributed by atoms with Crippen LogP contribution in [0.25, 0.3) is 0 Å². The van der Waals surface area contributed by atoms with E-state index >= 15 is 0 Å². The Bertz CT molecular complexity index is 502. The number of nitrogens with two attached hydrogens (primary N) is 1. The molecule has 2 N–H and O–H groups in total. The summed E-state index contributed by atoms with van der Waals surface area (Å²) in [6.07, 6.45) is 6.00. The second kappa shape index (κ2) is 5.83. The van der Waals surface area contributed by atoms with Crippen LogP contribution in [0, 0.1) is 6.92 Å². The molecule has 18 heavy (non-hydrogen) atoms. The van der Waals surface area contributed by atoms with Crippen LogP contribution in [0.5, 0.6) is 0 Å². The fourth-order valence-corrected chi connectivity index (χ4v) is 2.40. The minimum absolute atomic E-state index is 0.190. The topological polar surface area (TPSA) is 43.8 Å². The third kappa shape index (κ3) is 2.46. The second-order valence-electron chi connectivity index (χ2n) is 4.61. The zero-order valence-electron chi connectivity index (χ0n) is 11.1. The van der Waals surface area contributed by atoms with Crippen LogP contribution in [0.1, 0.15) is 36.3 Å². The first kappa shape index (κ1) is 12.8. The van der Waals surface area contributed by atoms with Crippen molar-refractivity contribution in [2.45, 2.75) is 32.7 Å². The molecule has 1 heterocycles. The highest BCUT2D eigenvalue weighted by Gasteiger charge is 2.16. The number of nitrogens with zero attached hydrogens (tertiary/aromatic N) is 2. The van der Waals surface area contributed by atoms with Gasteiger partial charge in [-0.05, 0) is 24.5 Å². The number of rotatable bonds is 5. The minimum Gasteiger partial charge on any atom is -0.328 e. The van der Waals surface area contributed by atoms with Crippen LogP contribution >= 0.6 is 0 Å². The van der Waals surface area contributed by atoms with Gasteiger partial charge in [0.25, 0.3) is 0 Å². The van der Waals surface area contributed by atoms with Gasteiger partial charge in [0.05, 0.1) is 6.04 Å². The lowest BCUT2D eigenvalue weighted by molar-refractivity contribution is 0.559. The fraction of sp³-hybridized carbons (Fsp3) is 0.400. The molecule has 0 radical (unpaired) electrons. The first-order valence-corrected chi connectivity index (χ1v) is 6.55. The summed E-state index contributed by atoms with van der Waals surface area (Å²) < 4.78 is 2.21. The normalized spacial score (nSPS) is 12.6. The lowest BCUT2D eigenvalue weighted by Crippen LogP contribution is -2.22. The van der Waals surface area contributed by atoms with Crippen LogP contribution in [0.3, 0.4) is 0 Å². The molecule has 0 amide bonds. The van der Waals surface area contributed by atoms with Crippen molar-refractivity contribution in [2.75, 3.05) is 6.54 Å². The quantitative estimate of drug-likeness (QED) is 0.877. The average molecular weight is 243 g/mol. The highest BCUT2D eigenvalue weighted by atomic mass is 15.1. The number of aryl methyl sites for hydroxylation is 2. The molecular formula is C15H21N3. The van der Waals surface area contributed by atoms with Crippen molar-refractivity contribution in [3.05, 3.63) is 53.6 Å². The predicted molar refractivity (Wildman–Crippen MR) is 74.6 cm³/mol. The van der Waals surface area contributed by atoms with Gasteiger partial charge in [-0.3, -0.25) is 0 Å². The molecule has 1 unspecified atom stereocenters. The van der Waals surface area contributed by atoms with Crippen LogP contribution in [-0.4, -0.2) is 16.1 Å². The SMILES string of the molecule is CCCc1nccn1C(CN)c1ccccc1C. The average Bonchev–Trinajstić information content (AvgIpc) is 2.82. The summed E-state index contributed by atoms with van der Waals surface area (Å²) in [4.78, 5) is 4.44. The van der Waals surface area contributed by atoms with E-state index in [1.54, 1.807) is 0 Å². The summed E-state index contributed by atoms with van der Waals surface area (Å²) in [5, 5.41) is 0. The summed E-state index contributed by atoms with van der Waals surface area (Å²) in [6.45, 7) is 4.90. The smallest absolute Gasteiger partial charge is 0.109 e. The monoisotopic (exact) mass is 243 g/mol. The van der Waals surface area contributed by atoms with Crippen molar-refractivity contribution in [3.63, 3.8) is 0 Å². The molecule has 1 aromatic heterocycles. The Hall–Kier alpha value is -1.61. The zero-order chi connectivity index (χ0) is 13.0. The van der Waals surface area contributed by atoms with E-state index in [2.05, 4.69) is 47.7 Å². The molecule has 0 aliphatic heterocycles. The molecule has 1 atom stereocenters. The van der Waals surface area contributed by atoms with Crippen LogP contribution < -0.4 is 5.73 Å². The van der Waals surface area contributed by atoms with Gasteiger partial charge in [0.2, 0.25) is 0 Å². The van der Waals surface area contributed by atoms with Gasteiger partial charge in [-0.2, -0.15) is 0 Å². The van der Waals surface area contributed by atoms with Crippen LogP contribution in [-0.2, 0) is 6.42 Å². The molecule has 0 aliphatic rings. The highest BCUT2D eigenvalue weighted by molar-refractivity contribution is 5.30. The largest absolute Gasteiger partial charge is 0.328 e. The molecule has 0 bridgehead atoms. The lowest BCUT2D eigenvalue weighted by atomic mass is 10.0. The molecule has 3 heteroatoms. The first-order chi connectivity index (χ1) is 8.77. The third-order valence-electron chi connectivity index (χ3n) is 3.33. The molecule has 1 aromatic carbocycles.